The Labute approximate surface area is 205 Å². The summed E-state index contributed by atoms with van der Waals surface area (Å²) >= 11 is 0. The number of hydrogen-bond donors (Lipinski definition) is 1. The number of nitrogens with zero attached hydrogens (tertiary/aromatic N) is 1. The van der Waals surface area contributed by atoms with Gasteiger partial charge in [0.15, 0.2) is 0 Å². The predicted molar refractivity (Wildman–Crippen MR) is 130 cm³/mol. The Bertz CT molecular complexity index is 1230. The van der Waals surface area contributed by atoms with Crippen molar-refractivity contribution in [2.75, 3.05) is 6.54 Å². The minimum absolute atomic E-state index is 0.0677. The molecule has 0 atom stereocenters. The highest BCUT2D eigenvalue weighted by molar-refractivity contribution is 7.89. The predicted octanol–water partition coefficient (Wildman–Crippen LogP) is 3.37. The molecule has 0 aliphatic heterocycles. The Balaban J connectivity index is 1.95. The molecule has 2 aromatic rings. The molecule has 1 N–H and O–H groups in total. The lowest BCUT2D eigenvalue weighted by atomic mass is 9.98. The maximum atomic E-state index is 13.3. The zero-order valence-corrected chi connectivity index (χ0v) is 20.9. The van der Waals surface area contributed by atoms with Gasteiger partial charge in [0.05, 0.1) is 10.5 Å². The third-order valence-electron chi connectivity index (χ3n) is 5.76. The average Bonchev–Trinajstić information content (AvgIpc) is 3.34. The number of ketones is 2. The van der Waals surface area contributed by atoms with Crippen LogP contribution in [-0.2, 0) is 19.6 Å². The fraction of sp³-hybridized carbons (Fsp3) is 0.385. The molecule has 1 fully saturated rings. The highest BCUT2D eigenvalue weighted by Gasteiger charge is 2.39. The summed E-state index contributed by atoms with van der Waals surface area (Å²) in [7, 11) is -4.37. The van der Waals surface area contributed by atoms with Crippen LogP contribution in [0, 0.1) is 5.92 Å². The zero-order chi connectivity index (χ0) is 25.8. The molecule has 8 nitrogen and oxygen atoms in total. The van der Waals surface area contributed by atoms with Crippen molar-refractivity contribution in [3.05, 3.63) is 65.7 Å². The quantitative estimate of drug-likeness (QED) is 0.339. The minimum atomic E-state index is -4.37. The molecule has 9 heteroatoms. The summed E-state index contributed by atoms with van der Waals surface area (Å²) in [5.41, 5.74) is -0.929. The van der Waals surface area contributed by atoms with Crippen LogP contribution in [0.15, 0.2) is 59.5 Å². The van der Waals surface area contributed by atoms with Crippen molar-refractivity contribution >= 4 is 33.4 Å². The van der Waals surface area contributed by atoms with Gasteiger partial charge >= 0.3 is 5.91 Å². The number of carbonyl (C=O) groups excluding carboxylic acids is 4. The molecule has 0 aromatic heterocycles. The minimum Gasteiger partial charge on any atom is -0.347 e. The van der Waals surface area contributed by atoms with E-state index in [0.717, 1.165) is 25.7 Å². The molecular formula is C26H30N2O6S. The van der Waals surface area contributed by atoms with Crippen LogP contribution in [0.5, 0.6) is 0 Å². The molecule has 1 aliphatic carbocycles. The Morgan fingerprint density at radius 3 is 2.00 bits per heavy atom. The molecule has 0 spiro atoms. The summed E-state index contributed by atoms with van der Waals surface area (Å²) in [5.74, 6) is -4.82. The molecule has 0 saturated heterocycles. The molecule has 0 bridgehead atoms. The molecule has 186 valence electrons. The second-order valence-corrected chi connectivity index (χ2v) is 11.6. The highest BCUT2D eigenvalue weighted by atomic mass is 32.2. The lowest BCUT2D eigenvalue weighted by Gasteiger charge is -2.25. The third-order valence-corrected chi connectivity index (χ3v) is 7.52. The van der Waals surface area contributed by atoms with E-state index in [1.165, 1.54) is 48.5 Å². The summed E-state index contributed by atoms with van der Waals surface area (Å²) in [6.07, 6.45) is 3.26. The van der Waals surface area contributed by atoms with Gasteiger partial charge in [-0.05, 0) is 57.7 Å². The first-order valence-corrected chi connectivity index (χ1v) is 13.0. The van der Waals surface area contributed by atoms with Gasteiger partial charge in [0, 0.05) is 17.6 Å². The van der Waals surface area contributed by atoms with Crippen molar-refractivity contribution in [3.63, 3.8) is 0 Å². The van der Waals surface area contributed by atoms with E-state index in [2.05, 4.69) is 5.32 Å². The van der Waals surface area contributed by atoms with Gasteiger partial charge in [0.25, 0.3) is 21.7 Å². The Morgan fingerprint density at radius 1 is 0.886 bits per heavy atom. The van der Waals surface area contributed by atoms with Gasteiger partial charge in [-0.25, -0.2) is 12.7 Å². The molecule has 3 rings (SSSR count). The van der Waals surface area contributed by atoms with Crippen LogP contribution in [0.4, 0.5) is 0 Å². The normalized spacial score (nSPS) is 14.4. The maximum absolute atomic E-state index is 13.3. The van der Waals surface area contributed by atoms with Crippen molar-refractivity contribution in [1.82, 2.24) is 9.62 Å². The van der Waals surface area contributed by atoms with E-state index in [1.54, 1.807) is 26.8 Å². The Morgan fingerprint density at radius 2 is 1.43 bits per heavy atom. The Kier molecular flexibility index (Phi) is 7.90. The molecule has 2 amide bonds. The van der Waals surface area contributed by atoms with Crippen LogP contribution >= 0.6 is 0 Å². The third kappa shape index (κ3) is 6.22. The van der Waals surface area contributed by atoms with Crippen molar-refractivity contribution in [1.29, 1.82) is 0 Å². The number of carbonyl (C=O) groups is 4. The average molecular weight is 499 g/mol. The number of benzene rings is 2. The largest absolute Gasteiger partial charge is 0.347 e. The van der Waals surface area contributed by atoms with E-state index < -0.39 is 38.9 Å². The van der Waals surface area contributed by atoms with Gasteiger partial charge in [0.2, 0.25) is 5.78 Å². The van der Waals surface area contributed by atoms with E-state index in [4.69, 9.17) is 0 Å². The second-order valence-electron chi connectivity index (χ2n) is 9.71. The molecule has 1 aliphatic rings. The van der Waals surface area contributed by atoms with Crippen molar-refractivity contribution in [2.45, 2.75) is 56.9 Å². The first kappa shape index (κ1) is 26.3. The molecule has 35 heavy (non-hydrogen) atoms. The van der Waals surface area contributed by atoms with Crippen LogP contribution in [-0.4, -0.2) is 48.2 Å². The lowest BCUT2D eigenvalue weighted by molar-refractivity contribution is -0.139. The van der Waals surface area contributed by atoms with Crippen LogP contribution < -0.4 is 5.32 Å². The van der Waals surface area contributed by atoms with Crippen molar-refractivity contribution in [2.24, 2.45) is 5.92 Å². The fourth-order valence-corrected chi connectivity index (χ4v) is 5.52. The molecular weight excluding hydrogens is 468 g/mol. The molecule has 0 unspecified atom stereocenters. The van der Waals surface area contributed by atoms with Gasteiger partial charge in [0.1, 0.15) is 0 Å². The van der Waals surface area contributed by atoms with Crippen LogP contribution in [0.2, 0.25) is 0 Å². The van der Waals surface area contributed by atoms with E-state index in [1.807, 2.05) is 0 Å². The van der Waals surface area contributed by atoms with E-state index >= 15 is 0 Å². The Hall–Kier alpha value is -3.33. The van der Waals surface area contributed by atoms with Gasteiger partial charge in [-0.2, -0.15) is 0 Å². The molecule has 0 radical (unpaired) electrons. The first-order chi connectivity index (χ1) is 16.4. The smallest absolute Gasteiger partial charge is 0.312 e. The number of amides is 2. The van der Waals surface area contributed by atoms with Gasteiger partial charge in [-0.3, -0.25) is 19.2 Å². The van der Waals surface area contributed by atoms with Gasteiger partial charge in [-0.1, -0.05) is 49.2 Å². The fourth-order valence-electron chi connectivity index (χ4n) is 4.06. The summed E-state index contributed by atoms with van der Waals surface area (Å²) in [6.45, 7) is 5.11. The van der Waals surface area contributed by atoms with Gasteiger partial charge < -0.3 is 5.32 Å². The summed E-state index contributed by atoms with van der Waals surface area (Å²) in [4.78, 5) is 52.0. The standard InChI is InChI=1S/C26H30N2O6S/c1-26(2,3)27-24(31)21-16-10-9-15-20(21)22(29)23(30)25(32)28(17-18-11-7-8-12-18)35(33,34)19-13-5-4-6-14-19/h4-6,9-10,13-16,18H,7-8,11-12,17H2,1-3H3,(H,27,31). The molecule has 1 saturated carbocycles. The summed E-state index contributed by atoms with van der Waals surface area (Å²) in [6, 6.07) is 13.0. The second kappa shape index (κ2) is 10.5. The molecule has 2 aromatic carbocycles. The number of nitrogens with one attached hydrogen (secondary N) is 1. The van der Waals surface area contributed by atoms with E-state index in [-0.39, 0.29) is 28.5 Å². The van der Waals surface area contributed by atoms with Crippen molar-refractivity contribution < 1.29 is 27.6 Å². The van der Waals surface area contributed by atoms with Crippen LogP contribution in [0.3, 0.4) is 0 Å². The number of rotatable bonds is 8. The zero-order valence-electron chi connectivity index (χ0n) is 20.1. The molecule has 0 heterocycles. The topological polar surface area (TPSA) is 118 Å². The highest BCUT2D eigenvalue weighted by Crippen LogP contribution is 2.28. The number of sulfonamides is 1. The number of Topliss-reactive ketones (excluding diaryl/α,β-unsaturated/α-hetero) is 2. The van der Waals surface area contributed by atoms with Crippen molar-refractivity contribution in [3.8, 4) is 0 Å². The monoisotopic (exact) mass is 498 g/mol. The van der Waals surface area contributed by atoms with E-state index in [9.17, 15) is 27.6 Å². The first-order valence-electron chi connectivity index (χ1n) is 11.5. The van der Waals surface area contributed by atoms with Crippen LogP contribution in [0.1, 0.15) is 67.2 Å². The van der Waals surface area contributed by atoms with Crippen LogP contribution in [0.25, 0.3) is 0 Å². The maximum Gasteiger partial charge on any atom is 0.312 e. The van der Waals surface area contributed by atoms with Gasteiger partial charge in [-0.15, -0.1) is 0 Å². The SMILES string of the molecule is CC(C)(C)NC(=O)c1ccccc1C(=O)C(=O)C(=O)N(CC1CCCC1)S(=O)(=O)c1ccccc1. The number of hydrogen-bond acceptors (Lipinski definition) is 6. The van der Waals surface area contributed by atoms with E-state index in [0.29, 0.717) is 4.31 Å². The lowest BCUT2D eigenvalue weighted by Crippen LogP contribution is -2.46. The summed E-state index contributed by atoms with van der Waals surface area (Å²) in [5, 5.41) is 2.72. The summed E-state index contributed by atoms with van der Waals surface area (Å²) < 4.78 is 27.2.